The zero-order valence-electron chi connectivity index (χ0n) is 4.93. The quantitative estimate of drug-likeness (QED) is 0.333. The van der Waals surface area contributed by atoms with Gasteiger partial charge in [-0.25, -0.2) is 0 Å². The van der Waals surface area contributed by atoms with Crippen molar-refractivity contribution >= 4 is 26.2 Å². The third-order valence-corrected chi connectivity index (χ3v) is 2.70. The molecule has 1 unspecified atom stereocenters. The van der Waals surface area contributed by atoms with Crippen molar-refractivity contribution in [2.75, 3.05) is 5.75 Å². The summed E-state index contributed by atoms with van der Waals surface area (Å²) < 4.78 is 28.1. The van der Waals surface area contributed by atoms with Crippen LogP contribution in [0, 0.1) is 0 Å². The normalized spacial score (nSPS) is 14.6. The van der Waals surface area contributed by atoms with Crippen molar-refractivity contribution in [3.05, 3.63) is 0 Å². The first-order valence-corrected chi connectivity index (χ1v) is 5.22. The molecule has 7 heteroatoms. The van der Waals surface area contributed by atoms with Gasteiger partial charge in [-0.15, -0.1) is 0 Å². The molecule has 10 heavy (non-hydrogen) atoms. The average Bonchev–Trinajstić information content (AvgIpc) is 1.81. The van der Waals surface area contributed by atoms with Crippen LogP contribution in [0.15, 0.2) is 0 Å². The first-order chi connectivity index (χ1) is 4.45. The highest BCUT2D eigenvalue weighted by Gasteiger charge is 2.08. The predicted octanol–water partition coefficient (Wildman–Crippen LogP) is -0.951. The first kappa shape index (κ1) is 9.89. The predicted molar refractivity (Wildman–Crippen MR) is 38.0 cm³/mol. The Bertz CT molecular complexity index is 199. The molecule has 5 nitrogen and oxygen atoms in total. The van der Waals surface area contributed by atoms with E-state index in [2.05, 4.69) is 0 Å². The molecule has 0 aromatic carbocycles. The van der Waals surface area contributed by atoms with Crippen LogP contribution in [0.3, 0.4) is 0 Å². The van der Waals surface area contributed by atoms with Gasteiger partial charge in [0.15, 0.2) is 0 Å². The van der Waals surface area contributed by atoms with Crippen molar-refractivity contribution in [1.82, 2.24) is 0 Å². The van der Waals surface area contributed by atoms with Crippen molar-refractivity contribution in [1.29, 1.82) is 0 Å². The lowest BCUT2D eigenvalue weighted by molar-refractivity contribution is -0.108. The second-order valence-electron chi connectivity index (χ2n) is 1.51. The van der Waals surface area contributed by atoms with Gasteiger partial charge in [0.2, 0.25) is 0 Å². The van der Waals surface area contributed by atoms with Crippen molar-refractivity contribution in [3.63, 3.8) is 0 Å². The number of hydrogen-bond acceptors (Lipinski definition) is 5. The number of carbonyl (C=O) groups excluding carboxylic acids is 1. The summed E-state index contributed by atoms with van der Waals surface area (Å²) in [5.41, 5.74) is 5.02. The number of carbonyl (C=O) groups is 1. The monoisotopic (exact) mass is 185 g/mol. The van der Waals surface area contributed by atoms with Crippen LogP contribution in [-0.2, 0) is 13.9 Å². The summed E-state index contributed by atoms with van der Waals surface area (Å²) in [6.45, 7) is 0. The van der Waals surface area contributed by atoms with E-state index in [-0.39, 0.29) is 16.5 Å². The molecule has 0 spiro atoms. The Labute approximate surface area is 62.1 Å². The highest BCUT2D eigenvalue weighted by atomic mass is 33.1. The maximum atomic E-state index is 10.00. The van der Waals surface area contributed by atoms with Gasteiger partial charge in [-0.3, -0.25) is 4.55 Å². The molecular formula is C3H7NO4S2. The third-order valence-electron chi connectivity index (χ3n) is 0.584. The lowest BCUT2D eigenvalue weighted by Crippen LogP contribution is -2.24. The van der Waals surface area contributed by atoms with Gasteiger partial charge in [-0.05, 0) is 10.8 Å². The summed E-state index contributed by atoms with van der Waals surface area (Å²) in [4.78, 5) is 9.81. The minimum atomic E-state index is -4.05. The van der Waals surface area contributed by atoms with E-state index in [1.54, 1.807) is 0 Å². The summed E-state index contributed by atoms with van der Waals surface area (Å²) in [5.74, 6) is -0.123. The smallest absolute Gasteiger partial charge is 0.319 e. The first-order valence-electron chi connectivity index (χ1n) is 2.28. The summed E-state index contributed by atoms with van der Waals surface area (Å²) in [5, 5.41) is 0. The summed E-state index contributed by atoms with van der Waals surface area (Å²) in [6.07, 6.45) is 0.415. The molecule has 0 fully saturated rings. The van der Waals surface area contributed by atoms with Gasteiger partial charge < -0.3 is 10.5 Å². The van der Waals surface area contributed by atoms with Crippen LogP contribution in [-0.4, -0.2) is 31.1 Å². The van der Waals surface area contributed by atoms with Crippen LogP contribution >= 0.6 is 10.8 Å². The molecular weight excluding hydrogens is 178 g/mol. The maximum absolute atomic E-state index is 10.00. The van der Waals surface area contributed by atoms with Crippen LogP contribution in [0.25, 0.3) is 0 Å². The Morgan fingerprint density at radius 1 is 1.70 bits per heavy atom. The molecule has 0 saturated heterocycles. The summed E-state index contributed by atoms with van der Waals surface area (Å²) in [6, 6.07) is -0.841. The molecule has 0 rings (SSSR count). The number of rotatable bonds is 4. The third kappa shape index (κ3) is 6.02. The van der Waals surface area contributed by atoms with E-state index >= 15 is 0 Å². The van der Waals surface area contributed by atoms with E-state index in [0.717, 1.165) is 0 Å². The zero-order chi connectivity index (χ0) is 8.20. The number of aldehydes is 1. The minimum Gasteiger partial charge on any atom is -0.321 e. The number of hydrogen-bond donors (Lipinski definition) is 2. The van der Waals surface area contributed by atoms with E-state index in [1.807, 2.05) is 0 Å². The highest BCUT2D eigenvalue weighted by Crippen LogP contribution is 2.08. The molecule has 60 valence electrons. The summed E-state index contributed by atoms with van der Waals surface area (Å²) in [7, 11) is -3.81. The molecule has 0 aromatic rings. The minimum absolute atomic E-state index is 0.123. The van der Waals surface area contributed by atoms with E-state index < -0.39 is 15.2 Å². The second-order valence-corrected chi connectivity index (χ2v) is 4.91. The van der Waals surface area contributed by atoms with Crippen LogP contribution in [0.1, 0.15) is 0 Å². The van der Waals surface area contributed by atoms with Gasteiger partial charge in [0.05, 0.1) is 6.04 Å². The van der Waals surface area contributed by atoms with Gasteiger partial charge in [-0.2, -0.15) is 8.42 Å². The van der Waals surface area contributed by atoms with Gasteiger partial charge in [0.25, 0.3) is 0 Å². The van der Waals surface area contributed by atoms with E-state index in [1.165, 1.54) is 0 Å². The van der Waals surface area contributed by atoms with Gasteiger partial charge in [0, 0.05) is 5.75 Å². The molecule has 1 atom stereocenters. The topological polar surface area (TPSA) is 97.5 Å². The van der Waals surface area contributed by atoms with Gasteiger partial charge in [0.1, 0.15) is 6.29 Å². The van der Waals surface area contributed by atoms with Crippen LogP contribution < -0.4 is 5.73 Å². The largest absolute Gasteiger partial charge is 0.321 e. The Kier molecular flexibility index (Phi) is 3.87. The van der Waals surface area contributed by atoms with Crippen molar-refractivity contribution in [2.45, 2.75) is 6.04 Å². The summed E-state index contributed by atoms with van der Waals surface area (Å²) >= 11 is 0. The Balaban J connectivity index is 3.66. The molecule has 0 aromatic heterocycles. The molecule has 0 radical (unpaired) electrons. The fraction of sp³-hybridized carbons (Fsp3) is 0.667. The van der Waals surface area contributed by atoms with E-state index in [9.17, 15) is 13.2 Å². The second kappa shape index (κ2) is 3.91. The molecule has 0 saturated carbocycles. The van der Waals surface area contributed by atoms with Crippen molar-refractivity contribution in [2.24, 2.45) is 5.73 Å². The van der Waals surface area contributed by atoms with Crippen molar-refractivity contribution < 1.29 is 17.8 Å². The average molecular weight is 185 g/mol. The fourth-order valence-corrected chi connectivity index (χ4v) is 1.60. The molecule has 0 aliphatic carbocycles. The van der Waals surface area contributed by atoms with E-state index in [4.69, 9.17) is 10.3 Å². The Morgan fingerprint density at radius 2 is 2.20 bits per heavy atom. The van der Waals surface area contributed by atoms with Gasteiger partial charge in [-0.1, -0.05) is 0 Å². The molecule has 0 amide bonds. The van der Waals surface area contributed by atoms with Crippen LogP contribution in [0.2, 0.25) is 0 Å². The molecule has 0 heterocycles. The van der Waals surface area contributed by atoms with Crippen LogP contribution in [0.5, 0.6) is 0 Å². The maximum Gasteiger partial charge on any atom is 0.319 e. The molecule has 3 N–H and O–H groups in total. The van der Waals surface area contributed by atoms with Crippen molar-refractivity contribution in [3.8, 4) is 0 Å². The van der Waals surface area contributed by atoms with Crippen LogP contribution in [0.4, 0.5) is 0 Å². The number of nitrogens with two attached hydrogens (primary N) is 1. The highest BCUT2D eigenvalue weighted by molar-refractivity contribution is 8.69. The fourth-order valence-electron chi connectivity index (χ4n) is 0.204. The molecule has 0 aliphatic heterocycles. The Hall–Kier alpha value is -0.110. The lowest BCUT2D eigenvalue weighted by atomic mass is 10.4. The van der Waals surface area contributed by atoms with Gasteiger partial charge >= 0.3 is 9.15 Å². The van der Waals surface area contributed by atoms with E-state index in [0.29, 0.717) is 6.29 Å². The molecule has 0 bridgehead atoms. The standard InChI is InChI=1S/C3H7NO4S2/c4-3(1-5)2-9-10(6,7)8/h1,3H,2,4H2,(H,6,7,8). The SMILES string of the molecule is NC(C=O)CSS(=O)(=O)O. The Morgan fingerprint density at radius 3 is 2.50 bits per heavy atom. The zero-order valence-corrected chi connectivity index (χ0v) is 6.56. The molecule has 0 aliphatic rings. The lowest BCUT2D eigenvalue weighted by Gasteiger charge is -1.98.